The quantitative estimate of drug-likeness (QED) is 0.529. The van der Waals surface area contributed by atoms with E-state index >= 15 is 0 Å². The van der Waals surface area contributed by atoms with Gasteiger partial charge >= 0.3 is 0 Å². The second kappa shape index (κ2) is 4.60. The van der Waals surface area contributed by atoms with E-state index < -0.39 is 3.93 Å². The van der Waals surface area contributed by atoms with Gasteiger partial charge in [0.25, 0.3) is 3.93 Å². The summed E-state index contributed by atoms with van der Waals surface area (Å²) >= 11 is 10.9. The average Bonchev–Trinajstić information content (AvgIpc) is 2.03. The Kier molecular flexibility index (Phi) is 4.23. The predicted molar refractivity (Wildman–Crippen MR) is 72.7 cm³/mol. The van der Waals surface area contributed by atoms with Gasteiger partial charge in [-0.25, -0.2) is 0 Å². The van der Waals surface area contributed by atoms with Crippen molar-refractivity contribution in [3.8, 4) is 0 Å². The number of hydrogen-bond acceptors (Lipinski definition) is 0. The fourth-order valence-electron chi connectivity index (χ4n) is 1.06. The highest BCUT2D eigenvalue weighted by atomic mass is 80.0. The molecule has 0 amide bonds. The van der Waals surface area contributed by atoms with Crippen molar-refractivity contribution in [3.63, 3.8) is 0 Å². The predicted octanol–water partition coefficient (Wildman–Crippen LogP) is 4.14. The zero-order valence-corrected chi connectivity index (χ0v) is 13.3. The van der Waals surface area contributed by atoms with E-state index in [1.807, 2.05) is 0 Å². The van der Waals surface area contributed by atoms with Crippen LogP contribution in [-0.2, 0) is 0 Å². The van der Waals surface area contributed by atoms with Crippen LogP contribution >= 0.6 is 45.9 Å². The Morgan fingerprint density at radius 2 is 1.46 bits per heavy atom. The summed E-state index contributed by atoms with van der Waals surface area (Å²) < 4.78 is -1.65. The molecule has 72 valence electrons. The van der Waals surface area contributed by atoms with Gasteiger partial charge in [0, 0.05) is 0 Å². The summed E-state index contributed by atoms with van der Waals surface area (Å²) in [7, 11) is 0. The Morgan fingerprint density at radius 1 is 1.00 bits per heavy atom. The molecule has 13 heavy (non-hydrogen) atoms. The molecule has 1 aromatic rings. The summed E-state index contributed by atoms with van der Waals surface area (Å²) in [5.74, 6) is 0.603. The summed E-state index contributed by atoms with van der Waals surface area (Å²) in [5, 5.41) is 1.30. The standard InChI is InChI=1S/C9H11Br3Si/c1-7(2)8-3-5-9(6-4-8)13(10,11)12/h3-7H,1-2H3. The Balaban J connectivity index is 2.94. The van der Waals surface area contributed by atoms with Crippen LogP contribution in [0.15, 0.2) is 24.3 Å². The van der Waals surface area contributed by atoms with Gasteiger partial charge in [-0.15, -0.1) is 0 Å². The van der Waals surface area contributed by atoms with Gasteiger partial charge < -0.3 is 0 Å². The van der Waals surface area contributed by atoms with Crippen molar-refractivity contribution in [1.82, 2.24) is 0 Å². The molecule has 0 bridgehead atoms. The lowest BCUT2D eigenvalue weighted by Crippen LogP contribution is -2.27. The van der Waals surface area contributed by atoms with E-state index in [1.54, 1.807) is 0 Å². The van der Waals surface area contributed by atoms with Crippen LogP contribution in [0.5, 0.6) is 0 Å². The van der Waals surface area contributed by atoms with Gasteiger partial charge in [0.1, 0.15) is 0 Å². The molecule has 0 fully saturated rings. The monoisotopic (exact) mass is 384 g/mol. The highest BCUT2D eigenvalue weighted by molar-refractivity contribution is 9.72. The topological polar surface area (TPSA) is 0 Å². The molecule has 0 nitrogen and oxygen atoms in total. The summed E-state index contributed by atoms with van der Waals surface area (Å²) in [5.41, 5.74) is 1.38. The normalized spacial score (nSPS) is 12.2. The lowest BCUT2D eigenvalue weighted by molar-refractivity contribution is 0.867. The Labute approximate surface area is 104 Å². The van der Waals surface area contributed by atoms with E-state index in [9.17, 15) is 0 Å². The molecular weight excluding hydrogens is 376 g/mol. The third-order valence-corrected chi connectivity index (χ3v) is 7.01. The molecule has 0 radical (unpaired) electrons. The van der Waals surface area contributed by atoms with Gasteiger partial charge in [-0.05, 0) is 16.7 Å². The minimum absolute atomic E-state index is 0.603. The molecule has 0 saturated carbocycles. The molecule has 0 spiro atoms. The molecular formula is C9H11Br3Si. The van der Waals surface area contributed by atoms with E-state index in [-0.39, 0.29) is 0 Å². The SMILES string of the molecule is CC(C)c1ccc([Si](Br)(Br)Br)cc1. The first-order valence-corrected chi connectivity index (χ1v) is 12.9. The van der Waals surface area contributed by atoms with Crippen molar-refractivity contribution in [3.05, 3.63) is 29.8 Å². The molecule has 0 saturated heterocycles. The molecule has 1 aromatic carbocycles. The van der Waals surface area contributed by atoms with Crippen molar-refractivity contribution in [2.45, 2.75) is 19.8 Å². The van der Waals surface area contributed by atoms with Gasteiger partial charge in [-0.1, -0.05) is 84.0 Å². The minimum atomic E-state index is -1.65. The van der Waals surface area contributed by atoms with Crippen LogP contribution in [0.1, 0.15) is 25.3 Å². The van der Waals surface area contributed by atoms with E-state index in [1.165, 1.54) is 10.8 Å². The maximum atomic E-state index is 3.62. The first kappa shape index (κ1) is 11.9. The Hall–Kier alpha value is 0.877. The molecule has 0 heterocycles. The van der Waals surface area contributed by atoms with E-state index in [0.29, 0.717) is 5.92 Å². The maximum Gasteiger partial charge on any atom is 0.297 e. The van der Waals surface area contributed by atoms with Crippen molar-refractivity contribution in [2.24, 2.45) is 0 Å². The minimum Gasteiger partial charge on any atom is -0.0910 e. The highest BCUT2D eigenvalue weighted by Crippen LogP contribution is 2.27. The van der Waals surface area contributed by atoms with Crippen LogP contribution in [0.2, 0.25) is 0 Å². The first-order chi connectivity index (χ1) is 5.91. The Bertz CT molecular complexity index is 274. The summed E-state index contributed by atoms with van der Waals surface area (Å²) in [6, 6.07) is 8.71. The molecule has 0 aliphatic carbocycles. The second-order valence-corrected chi connectivity index (χ2v) is 25.1. The van der Waals surface area contributed by atoms with Gasteiger partial charge in [0.05, 0.1) is 0 Å². The fraction of sp³-hybridized carbons (Fsp3) is 0.333. The molecule has 4 heteroatoms. The third kappa shape index (κ3) is 3.50. The Morgan fingerprint density at radius 3 is 1.77 bits per heavy atom. The fourth-order valence-corrected chi connectivity index (χ4v) is 3.98. The smallest absolute Gasteiger partial charge is 0.0910 e. The molecule has 0 aromatic heterocycles. The summed E-state index contributed by atoms with van der Waals surface area (Å²) in [6.45, 7) is 4.41. The lowest BCUT2D eigenvalue weighted by Gasteiger charge is -2.11. The summed E-state index contributed by atoms with van der Waals surface area (Å²) in [4.78, 5) is 0. The van der Waals surface area contributed by atoms with Crippen molar-refractivity contribution < 1.29 is 0 Å². The van der Waals surface area contributed by atoms with Gasteiger partial charge in [-0.2, -0.15) is 0 Å². The van der Waals surface area contributed by atoms with Crippen LogP contribution in [0.3, 0.4) is 0 Å². The molecule has 1 rings (SSSR count). The van der Waals surface area contributed by atoms with Gasteiger partial charge in [-0.3, -0.25) is 0 Å². The zero-order valence-electron chi connectivity index (χ0n) is 7.52. The lowest BCUT2D eigenvalue weighted by atomic mass is 10.0. The van der Waals surface area contributed by atoms with Gasteiger partial charge in [0.15, 0.2) is 0 Å². The van der Waals surface area contributed by atoms with Gasteiger partial charge in [0.2, 0.25) is 0 Å². The van der Waals surface area contributed by atoms with E-state index in [0.717, 1.165) is 0 Å². The number of halogens is 3. The number of hydrogen-bond donors (Lipinski definition) is 0. The van der Waals surface area contributed by atoms with Crippen LogP contribution in [0.4, 0.5) is 0 Å². The molecule has 0 atom stereocenters. The largest absolute Gasteiger partial charge is 0.297 e. The molecule has 0 N–H and O–H groups in total. The second-order valence-electron chi connectivity index (χ2n) is 3.27. The highest BCUT2D eigenvalue weighted by Gasteiger charge is 2.24. The number of rotatable bonds is 2. The van der Waals surface area contributed by atoms with Crippen LogP contribution in [0, 0.1) is 0 Å². The molecule has 0 aliphatic rings. The van der Waals surface area contributed by atoms with Crippen LogP contribution < -0.4 is 5.19 Å². The zero-order chi connectivity index (χ0) is 10.1. The van der Waals surface area contributed by atoms with Crippen molar-refractivity contribution in [1.29, 1.82) is 0 Å². The van der Waals surface area contributed by atoms with Crippen LogP contribution in [0.25, 0.3) is 0 Å². The maximum absolute atomic E-state index is 3.62. The van der Waals surface area contributed by atoms with E-state index in [2.05, 4.69) is 84.0 Å². The average molecular weight is 387 g/mol. The van der Waals surface area contributed by atoms with Crippen molar-refractivity contribution in [2.75, 3.05) is 0 Å². The molecule has 0 aliphatic heterocycles. The summed E-state index contributed by atoms with van der Waals surface area (Å²) in [6.07, 6.45) is 0. The first-order valence-electron chi connectivity index (χ1n) is 4.08. The van der Waals surface area contributed by atoms with E-state index in [4.69, 9.17) is 0 Å². The molecule has 0 unspecified atom stereocenters. The number of benzene rings is 1. The van der Waals surface area contributed by atoms with Crippen molar-refractivity contribution >= 4 is 55.0 Å². The third-order valence-electron chi connectivity index (χ3n) is 1.90. The van der Waals surface area contributed by atoms with Crippen LogP contribution in [-0.4, -0.2) is 3.93 Å².